The lowest BCUT2D eigenvalue weighted by Crippen LogP contribution is -2.66. The highest BCUT2D eigenvalue weighted by molar-refractivity contribution is 6.99. The van der Waals surface area contributed by atoms with Crippen LogP contribution in [-0.2, 0) is 22.4 Å². The number of benzene rings is 4. The molecule has 246 valence electrons. The third-order valence-corrected chi connectivity index (χ3v) is 14.1. The van der Waals surface area contributed by atoms with Crippen molar-refractivity contribution in [1.29, 1.82) is 0 Å². The molecule has 2 amide bonds. The predicted molar refractivity (Wildman–Crippen MR) is 199 cm³/mol. The molecule has 5 aromatic rings. The number of nitrogens with one attached hydrogen (secondary N) is 2. The first-order valence-corrected chi connectivity index (χ1v) is 18.4. The van der Waals surface area contributed by atoms with Gasteiger partial charge < -0.3 is 19.6 Å². The molecule has 0 bridgehead atoms. The Kier molecular flexibility index (Phi) is 11.1. The molecule has 2 N–H and O–H groups in total. The normalized spacial score (nSPS) is 11.9. The molecule has 0 spiro atoms. The van der Waals surface area contributed by atoms with E-state index in [9.17, 15) is 9.59 Å². The zero-order valence-corrected chi connectivity index (χ0v) is 30.0. The zero-order chi connectivity index (χ0) is 34.3. The topological polar surface area (TPSA) is 72.4 Å². The van der Waals surface area contributed by atoms with Crippen LogP contribution < -0.4 is 21.0 Å². The van der Waals surface area contributed by atoms with Crippen LogP contribution in [-0.4, -0.2) is 31.7 Å². The third-order valence-electron chi connectivity index (χ3n) is 8.38. The molecule has 4 aromatic carbocycles. The van der Waals surface area contributed by atoms with Crippen LogP contribution in [0.1, 0.15) is 48.0 Å². The van der Waals surface area contributed by atoms with Gasteiger partial charge in [-0.05, 0) is 63.4 Å². The van der Waals surface area contributed by atoms with E-state index >= 15 is 0 Å². The van der Waals surface area contributed by atoms with Crippen LogP contribution in [0.25, 0.3) is 11.8 Å². The predicted octanol–water partition coefficient (Wildman–Crippen LogP) is 7.55. The second-order valence-corrected chi connectivity index (χ2v) is 17.5. The zero-order valence-electron chi connectivity index (χ0n) is 27.5. The molecule has 0 aliphatic carbocycles. The summed E-state index contributed by atoms with van der Waals surface area (Å²) in [5, 5.41) is 8.69. The number of rotatable bonds is 11. The lowest BCUT2D eigenvalue weighted by Gasteiger charge is -2.43. The number of hydrogen-bond donors (Lipinski definition) is 2. The molecule has 6 nitrogen and oxygen atoms in total. The van der Waals surface area contributed by atoms with Crippen molar-refractivity contribution in [3.05, 3.63) is 154 Å². The van der Waals surface area contributed by atoms with Crippen LogP contribution in [0.3, 0.4) is 0 Å². The number of nitrogens with zero attached hydrogens (tertiary/aromatic N) is 1. The summed E-state index contributed by atoms with van der Waals surface area (Å²) in [5.41, 5.74) is 3.65. The summed E-state index contributed by atoms with van der Waals surface area (Å²) >= 11 is 14.0. The summed E-state index contributed by atoms with van der Waals surface area (Å²) < 4.78 is 9.11. The highest BCUT2D eigenvalue weighted by Gasteiger charge is 2.50. The van der Waals surface area contributed by atoms with E-state index in [1.54, 1.807) is 37.4 Å². The van der Waals surface area contributed by atoms with Gasteiger partial charge in [-0.3, -0.25) is 9.59 Å². The second-order valence-electron chi connectivity index (χ2n) is 12.4. The lowest BCUT2D eigenvalue weighted by atomic mass is 10.1. The van der Waals surface area contributed by atoms with Gasteiger partial charge in [0, 0.05) is 41.2 Å². The molecular weight excluding hydrogens is 657 g/mol. The van der Waals surface area contributed by atoms with E-state index in [1.807, 2.05) is 47.2 Å². The van der Waals surface area contributed by atoms with Crippen LogP contribution in [0, 0.1) is 0 Å². The van der Waals surface area contributed by atoms with Gasteiger partial charge in [-0.2, -0.15) is 0 Å². The van der Waals surface area contributed by atoms with Gasteiger partial charge in [0.2, 0.25) is 5.91 Å². The van der Waals surface area contributed by atoms with Gasteiger partial charge in [0.1, 0.15) is 0 Å². The average molecular weight is 697 g/mol. The van der Waals surface area contributed by atoms with Crippen LogP contribution in [0.5, 0.6) is 0 Å². The molecule has 1 aromatic heterocycles. The fourth-order valence-corrected chi connectivity index (χ4v) is 11.0. The molecule has 0 fully saturated rings. The molecule has 0 saturated carbocycles. The molecule has 48 heavy (non-hydrogen) atoms. The Labute approximate surface area is 293 Å². The highest BCUT2D eigenvalue weighted by Crippen LogP contribution is 2.39. The fourth-order valence-electron chi connectivity index (χ4n) is 5.94. The number of carbonyl (C=O) groups is 2. The maximum absolute atomic E-state index is 12.7. The molecule has 0 atom stereocenters. The Morgan fingerprint density at radius 1 is 0.833 bits per heavy atom. The van der Waals surface area contributed by atoms with Gasteiger partial charge in [0.15, 0.2) is 0 Å². The van der Waals surface area contributed by atoms with Gasteiger partial charge in [-0.1, -0.05) is 117 Å². The molecule has 0 radical (unpaired) electrons. The highest BCUT2D eigenvalue weighted by atomic mass is 35.5. The minimum Gasteiger partial charge on any atom is -0.403 e. The van der Waals surface area contributed by atoms with Gasteiger partial charge in [-0.25, -0.2) is 0 Å². The monoisotopic (exact) mass is 695 g/mol. The van der Waals surface area contributed by atoms with E-state index in [0.29, 0.717) is 21.2 Å². The summed E-state index contributed by atoms with van der Waals surface area (Å²) in [4.78, 5) is 24.5. The maximum Gasteiger partial charge on any atom is 0.261 e. The van der Waals surface area contributed by atoms with Crippen molar-refractivity contribution in [3.8, 4) is 5.69 Å². The van der Waals surface area contributed by atoms with Gasteiger partial charge in [0.05, 0.1) is 23.9 Å². The van der Waals surface area contributed by atoms with E-state index in [1.165, 1.54) is 16.4 Å². The fraction of sp³-hybridized carbons (Fsp3) is 0.179. The molecule has 0 unspecified atom stereocenters. The molecule has 1 heterocycles. The van der Waals surface area contributed by atoms with Crippen molar-refractivity contribution >= 4 is 59.8 Å². The Morgan fingerprint density at radius 2 is 1.46 bits per heavy atom. The minimum absolute atomic E-state index is 0.161. The van der Waals surface area contributed by atoms with Crippen LogP contribution >= 0.6 is 23.2 Å². The van der Waals surface area contributed by atoms with E-state index in [0.717, 1.165) is 16.9 Å². The average Bonchev–Trinajstić information content (AvgIpc) is 3.56. The first kappa shape index (κ1) is 34.9. The van der Waals surface area contributed by atoms with Crippen molar-refractivity contribution in [2.75, 3.05) is 7.05 Å². The Morgan fingerprint density at radius 3 is 2.04 bits per heavy atom. The summed E-state index contributed by atoms with van der Waals surface area (Å²) in [5.74, 6) is -0.411. The Balaban J connectivity index is 1.37. The SMILES string of the molecule is CNC(=O)c1ccc(/C=C/C(=O)NCc2cccn2-c2ccc(Cl)c(CO[Si](c3ccccc3)(c3ccccc3)C(C)(C)C)c2Cl)cc1. The van der Waals surface area contributed by atoms with Gasteiger partial charge in [0.25, 0.3) is 14.2 Å². The van der Waals surface area contributed by atoms with Crippen molar-refractivity contribution in [3.63, 3.8) is 0 Å². The van der Waals surface area contributed by atoms with Gasteiger partial charge in [-0.15, -0.1) is 0 Å². The number of aromatic nitrogens is 1. The van der Waals surface area contributed by atoms with Crippen LogP contribution in [0.2, 0.25) is 15.1 Å². The summed E-state index contributed by atoms with van der Waals surface area (Å²) in [6.45, 7) is 7.20. The largest absolute Gasteiger partial charge is 0.403 e. The first-order valence-electron chi connectivity index (χ1n) is 15.7. The van der Waals surface area contributed by atoms with Crippen molar-refractivity contribution in [2.45, 2.75) is 39.0 Å². The second kappa shape index (κ2) is 15.2. The number of carbonyl (C=O) groups excluding carboxylic acids is 2. The Hall–Kier alpha value is -4.40. The van der Waals surface area contributed by atoms with Crippen molar-refractivity contribution < 1.29 is 14.0 Å². The van der Waals surface area contributed by atoms with E-state index < -0.39 is 8.32 Å². The van der Waals surface area contributed by atoms with Crippen LogP contribution in [0.4, 0.5) is 0 Å². The number of amides is 2. The summed E-state index contributed by atoms with van der Waals surface area (Å²) in [7, 11) is -1.25. The quantitative estimate of drug-likeness (QED) is 0.111. The van der Waals surface area contributed by atoms with Crippen molar-refractivity contribution in [1.82, 2.24) is 15.2 Å². The molecular formula is C39H39Cl2N3O3Si. The summed E-state index contributed by atoms with van der Waals surface area (Å²) in [6.07, 6.45) is 5.08. The van der Waals surface area contributed by atoms with E-state index in [-0.39, 0.29) is 30.0 Å². The first-order chi connectivity index (χ1) is 23.0. The molecule has 0 aliphatic rings. The molecule has 9 heteroatoms. The number of halogens is 2. The van der Waals surface area contributed by atoms with E-state index in [4.69, 9.17) is 27.6 Å². The van der Waals surface area contributed by atoms with Crippen LogP contribution in [0.15, 0.2) is 121 Å². The smallest absolute Gasteiger partial charge is 0.261 e. The Bertz CT molecular complexity index is 1860. The molecule has 5 rings (SSSR count). The molecule has 0 aliphatic heterocycles. The number of hydrogen-bond acceptors (Lipinski definition) is 3. The van der Waals surface area contributed by atoms with E-state index in [2.05, 4.69) is 79.9 Å². The minimum atomic E-state index is -2.84. The van der Waals surface area contributed by atoms with Gasteiger partial charge >= 0.3 is 0 Å². The lowest BCUT2D eigenvalue weighted by molar-refractivity contribution is -0.116. The summed E-state index contributed by atoms with van der Waals surface area (Å²) in [6, 6.07) is 35.5. The van der Waals surface area contributed by atoms with Crippen molar-refractivity contribution in [2.24, 2.45) is 0 Å². The third kappa shape index (κ3) is 7.50. The molecule has 0 saturated heterocycles. The standard InChI is InChI=1S/C39H39Cl2N3O3Si/c1-39(2,3)48(31-13-7-5-8-14-31,32-15-9-6-10-16-32)47-27-33-34(40)22-23-35(37(33)41)44-25-11-12-30(44)26-43-36(45)24-19-28-17-20-29(21-18-28)38(46)42-4/h5-25H,26-27H2,1-4H3,(H,42,46)(H,43,45)/b24-19+. The maximum atomic E-state index is 12.7.